The highest BCUT2D eigenvalue weighted by atomic mass is 35.5. The van der Waals surface area contributed by atoms with Gasteiger partial charge in [-0.15, -0.1) is 0 Å². The summed E-state index contributed by atoms with van der Waals surface area (Å²) in [6.07, 6.45) is 0.930. The average Bonchev–Trinajstić information content (AvgIpc) is 2.36. The van der Waals surface area contributed by atoms with E-state index in [1.54, 1.807) is 6.07 Å². The Balaban J connectivity index is 2.01. The topological polar surface area (TPSA) is 24.9 Å². The van der Waals surface area contributed by atoms with Crippen LogP contribution in [0.25, 0.3) is 0 Å². The van der Waals surface area contributed by atoms with Crippen molar-refractivity contribution in [1.82, 2.24) is 4.98 Å². The molecule has 0 aliphatic heterocycles. The molecule has 0 aliphatic rings. The molecule has 0 fully saturated rings. The van der Waals surface area contributed by atoms with Crippen LogP contribution in [0.5, 0.6) is 0 Å². The van der Waals surface area contributed by atoms with Crippen molar-refractivity contribution in [2.24, 2.45) is 0 Å². The van der Waals surface area contributed by atoms with E-state index in [4.69, 9.17) is 23.2 Å². The minimum absolute atomic E-state index is 0.308. The predicted molar refractivity (Wildman–Crippen MR) is 82.2 cm³/mol. The molecule has 0 spiro atoms. The normalized spacial score (nSPS) is 12.2. The zero-order valence-electron chi connectivity index (χ0n) is 11.0. The third-order valence-electron chi connectivity index (χ3n) is 2.91. The summed E-state index contributed by atoms with van der Waals surface area (Å²) in [6, 6.07) is 12.0. The molecule has 0 bridgehead atoms. The van der Waals surface area contributed by atoms with Crippen molar-refractivity contribution in [3.05, 3.63) is 57.8 Å². The number of halogens is 2. The SMILES string of the molecule is Cc1nc(Cl)ccc1NC(C)Cc1ccc(Cl)cc1. The summed E-state index contributed by atoms with van der Waals surface area (Å²) in [6.45, 7) is 4.09. The van der Waals surface area contributed by atoms with Gasteiger partial charge < -0.3 is 5.32 Å². The number of anilines is 1. The second kappa shape index (κ2) is 6.27. The molecule has 0 saturated heterocycles. The van der Waals surface area contributed by atoms with E-state index in [0.717, 1.165) is 22.8 Å². The number of nitrogens with zero attached hydrogens (tertiary/aromatic N) is 1. The molecule has 2 aromatic rings. The highest BCUT2D eigenvalue weighted by Crippen LogP contribution is 2.18. The number of hydrogen-bond donors (Lipinski definition) is 1. The minimum Gasteiger partial charge on any atom is -0.381 e. The number of rotatable bonds is 4. The Hall–Kier alpha value is -1.25. The lowest BCUT2D eigenvalue weighted by Gasteiger charge is -2.16. The maximum atomic E-state index is 5.88. The van der Waals surface area contributed by atoms with Gasteiger partial charge in [-0.3, -0.25) is 0 Å². The van der Waals surface area contributed by atoms with Crippen molar-refractivity contribution < 1.29 is 0 Å². The van der Waals surface area contributed by atoms with E-state index in [0.29, 0.717) is 11.2 Å². The predicted octanol–water partition coefficient (Wildman–Crippen LogP) is 4.74. The van der Waals surface area contributed by atoms with E-state index in [9.17, 15) is 0 Å². The van der Waals surface area contributed by atoms with Crippen molar-refractivity contribution in [3.63, 3.8) is 0 Å². The van der Waals surface area contributed by atoms with Gasteiger partial charge in [0.05, 0.1) is 11.4 Å². The third kappa shape index (κ3) is 4.12. The van der Waals surface area contributed by atoms with E-state index in [2.05, 4.69) is 17.2 Å². The van der Waals surface area contributed by atoms with Crippen LogP contribution in [0, 0.1) is 6.92 Å². The lowest BCUT2D eigenvalue weighted by atomic mass is 10.1. The van der Waals surface area contributed by atoms with Crippen molar-refractivity contribution in [2.75, 3.05) is 5.32 Å². The smallest absolute Gasteiger partial charge is 0.129 e. The van der Waals surface area contributed by atoms with Crippen LogP contribution in [-0.2, 0) is 6.42 Å². The molecule has 0 saturated carbocycles. The van der Waals surface area contributed by atoms with E-state index >= 15 is 0 Å². The van der Waals surface area contributed by atoms with Gasteiger partial charge in [-0.1, -0.05) is 35.3 Å². The van der Waals surface area contributed by atoms with Gasteiger partial charge in [0.15, 0.2) is 0 Å². The Morgan fingerprint density at radius 3 is 2.42 bits per heavy atom. The summed E-state index contributed by atoms with van der Waals surface area (Å²) in [5.74, 6) is 0. The molecule has 4 heteroatoms. The molecule has 100 valence electrons. The standard InChI is InChI=1S/C15H16Cl2N2/c1-10(9-12-3-5-13(16)6-4-12)18-14-7-8-15(17)19-11(14)2/h3-8,10,18H,9H2,1-2H3. The molecule has 1 atom stereocenters. The summed E-state index contributed by atoms with van der Waals surface area (Å²) < 4.78 is 0. The van der Waals surface area contributed by atoms with Gasteiger partial charge in [-0.2, -0.15) is 0 Å². The first-order valence-corrected chi connectivity index (χ1v) is 6.94. The van der Waals surface area contributed by atoms with E-state index in [1.807, 2.05) is 37.3 Å². The van der Waals surface area contributed by atoms with E-state index in [1.165, 1.54) is 5.56 Å². The highest BCUT2D eigenvalue weighted by molar-refractivity contribution is 6.30. The Labute approximate surface area is 123 Å². The number of aromatic nitrogens is 1. The van der Waals surface area contributed by atoms with Gasteiger partial charge in [0.25, 0.3) is 0 Å². The monoisotopic (exact) mass is 294 g/mol. The van der Waals surface area contributed by atoms with Gasteiger partial charge in [0.2, 0.25) is 0 Å². The Morgan fingerprint density at radius 1 is 1.11 bits per heavy atom. The summed E-state index contributed by atoms with van der Waals surface area (Å²) in [5.41, 5.74) is 3.19. The fraction of sp³-hybridized carbons (Fsp3) is 0.267. The molecule has 2 rings (SSSR count). The van der Waals surface area contributed by atoms with Crippen LogP contribution >= 0.6 is 23.2 Å². The lowest BCUT2D eigenvalue weighted by Crippen LogP contribution is -2.18. The van der Waals surface area contributed by atoms with Crippen LogP contribution in [0.4, 0.5) is 5.69 Å². The summed E-state index contributed by atoms with van der Waals surface area (Å²) in [7, 11) is 0. The summed E-state index contributed by atoms with van der Waals surface area (Å²) >= 11 is 11.7. The minimum atomic E-state index is 0.308. The first-order valence-electron chi connectivity index (χ1n) is 6.19. The first kappa shape index (κ1) is 14.2. The quantitative estimate of drug-likeness (QED) is 0.824. The van der Waals surface area contributed by atoms with E-state index in [-0.39, 0.29) is 0 Å². The molecule has 0 amide bonds. The average molecular weight is 295 g/mol. The zero-order chi connectivity index (χ0) is 13.8. The number of nitrogens with one attached hydrogen (secondary N) is 1. The van der Waals surface area contributed by atoms with Crippen LogP contribution < -0.4 is 5.32 Å². The number of hydrogen-bond acceptors (Lipinski definition) is 2. The summed E-state index contributed by atoms with van der Waals surface area (Å²) in [5, 5.41) is 4.73. The van der Waals surface area contributed by atoms with Gasteiger partial charge >= 0.3 is 0 Å². The molecule has 0 radical (unpaired) electrons. The molecule has 1 heterocycles. The Kier molecular flexibility index (Phi) is 4.67. The first-order chi connectivity index (χ1) is 9.04. The van der Waals surface area contributed by atoms with Crippen LogP contribution in [0.3, 0.4) is 0 Å². The molecular weight excluding hydrogens is 279 g/mol. The molecule has 0 aliphatic carbocycles. The van der Waals surface area contributed by atoms with Crippen molar-refractivity contribution >= 4 is 28.9 Å². The fourth-order valence-electron chi connectivity index (χ4n) is 1.97. The molecular formula is C15H16Cl2N2. The zero-order valence-corrected chi connectivity index (χ0v) is 12.5. The Bertz CT molecular complexity index is 553. The Morgan fingerprint density at radius 2 is 1.79 bits per heavy atom. The fourth-order valence-corrected chi connectivity index (χ4v) is 2.29. The van der Waals surface area contributed by atoms with Gasteiger partial charge in [-0.05, 0) is 50.1 Å². The number of pyridine rings is 1. The maximum Gasteiger partial charge on any atom is 0.129 e. The van der Waals surface area contributed by atoms with Crippen LogP contribution in [-0.4, -0.2) is 11.0 Å². The summed E-state index contributed by atoms with van der Waals surface area (Å²) in [4.78, 5) is 4.23. The van der Waals surface area contributed by atoms with Crippen molar-refractivity contribution in [2.45, 2.75) is 26.3 Å². The molecule has 1 unspecified atom stereocenters. The van der Waals surface area contributed by atoms with Gasteiger partial charge in [-0.25, -0.2) is 4.98 Å². The van der Waals surface area contributed by atoms with Crippen LogP contribution in [0.1, 0.15) is 18.2 Å². The number of aryl methyl sites for hydroxylation is 1. The molecule has 1 aromatic carbocycles. The highest BCUT2D eigenvalue weighted by Gasteiger charge is 2.06. The molecule has 19 heavy (non-hydrogen) atoms. The third-order valence-corrected chi connectivity index (χ3v) is 3.37. The second-order valence-electron chi connectivity index (χ2n) is 4.64. The molecule has 1 aromatic heterocycles. The lowest BCUT2D eigenvalue weighted by molar-refractivity contribution is 0.787. The maximum absolute atomic E-state index is 5.88. The van der Waals surface area contributed by atoms with E-state index < -0.39 is 0 Å². The molecule has 2 nitrogen and oxygen atoms in total. The van der Waals surface area contributed by atoms with Crippen LogP contribution in [0.2, 0.25) is 10.2 Å². The van der Waals surface area contributed by atoms with Crippen LogP contribution in [0.15, 0.2) is 36.4 Å². The van der Waals surface area contributed by atoms with Gasteiger partial charge in [0.1, 0.15) is 5.15 Å². The molecule has 1 N–H and O–H groups in total. The van der Waals surface area contributed by atoms with Crippen molar-refractivity contribution in [3.8, 4) is 0 Å². The largest absolute Gasteiger partial charge is 0.381 e. The number of benzene rings is 1. The van der Waals surface area contributed by atoms with Gasteiger partial charge in [0, 0.05) is 11.1 Å². The van der Waals surface area contributed by atoms with Crippen molar-refractivity contribution in [1.29, 1.82) is 0 Å². The second-order valence-corrected chi connectivity index (χ2v) is 5.47.